The summed E-state index contributed by atoms with van der Waals surface area (Å²) in [5.41, 5.74) is 0.0749. The molecule has 0 saturated heterocycles. The lowest BCUT2D eigenvalue weighted by Crippen LogP contribution is -2.34. The number of hydrogen-bond acceptors (Lipinski definition) is 2. The first-order valence-electron chi connectivity index (χ1n) is 5.98. The van der Waals surface area contributed by atoms with Crippen molar-refractivity contribution < 1.29 is 9.84 Å². The smallest absolute Gasteiger partial charge is 0.0934 e. The molecule has 0 aliphatic carbocycles. The molecule has 0 amide bonds. The summed E-state index contributed by atoms with van der Waals surface area (Å²) in [5.74, 6) is 0.562. The second-order valence-electron chi connectivity index (χ2n) is 4.41. The van der Waals surface area contributed by atoms with Crippen molar-refractivity contribution in [3.63, 3.8) is 0 Å². The zero-order valence-electron chi connectivity index (χ0n) is 10.5. The van der Waals surface area contributed by atoms with E-state index in [1.807, 2.05) is 37.3 Å². The minimum Gasteiger partial charge on any atom is -0.385 e. The van der Waals surface area contributed by atoms with Gasteiger partial charge in [0.15, 0.2) is 0 Å². The Bertz CT molecular complexity index is 315. The maximum absolute atomic E-state index is 10.8. The maximum Gasteiger partial charge on any atom is 0.0934 e. The van der Waals surface area contributed by atoms with Crippen LogP contribution in [-0.2, 0) is 10.3 Å². The lowest BCUT2D eigenvalue weighted by molar-refractivity contribution is -0.0306. The molecule has 96 valence electrons. The van der Waals surface area contributed by atoms with Crippen LogP contribution in [0, 0.1) is 5.92 Å². The highest BCUT2D eigenvalue weighted by atomic mass is 35.5. The summed E-state index contributed by atoms with van der Waals surface area (Å²) < 4.78 is 5.08. The van der Waals surface area contributed by atoms with E-state index in [1.54, 1.807) is 7.11 Å². The molecule has 0 bridgehead atoms. The van der Waals surface area contributed by atoms with Crippen molar-refractivity contribution in [3.8, 4) is 0 Å². The Morgan fingerprint density at radius 2 is 2.00 bits per heavy atom. The van der Waals surface area contributed by atoms with Gasteiger partial charge in [0.2, 0.25) is 0 Å². The van der Waals surface area contributed by atoms with Crippen LogP contribution >= 0.6 is 11.6 Å². The molecule has 1 aromatic carbocycles. The van der Waals surface area contributed by atoms with E-state index in [-0.39, 0.29) is 5.92 Å². The first kappa shape index (κ1) is 14.5. The molecule has 0 aromatic heterocycles. The minimum absolute atomic E-state index is 0.114. The zero-order valence-corrected chi connectivity index (χ0v) is 11.3. The molecule has 1 N–H and O–H groups in total. The van der Waals surface area contributed by atoms with Crippen LogP contribution in [0.25, 0.3) is 0 Å². The van der Waals surface area contributed by atoms with Crippen LogP contribution in [-0.4, -0.2) is 24.7 Å². The molecule has 2 unspecified atom stereocenters. The third-order valence-electron chi connectivity index (χ3n) is 3.32. The van der Waals surface area contributed by atoms with Crippen molar-refractivity contribution in [2.45, 2.75) is 25.4 Å². The van der Waals surface area contributed by atoms with Gasteiger partial charge >= 0.3 is 0 Å². The second kappa shape index (κ2) is 7.00. The van der Waals surface area contributed by atoms with Gasteiger partial charge < -0.3 is 9.84 Å². The van der Waals surface area contributed by atoms with Crippen molar-refractivity contribution in [2.24, 2.45) is 5.92 Å². The second-order valence-corrected chi connectivity index (χ2v) is 4.79. The van der Waals surface area contributed by atoms with Crippen LogP contribution in [0.1, 0.15) is 25.3 Å². The summed E-state index contributed by atoms with van der Waals surface area (Å²) in [5, 5.41) is 10.8. The van der Waals surface area contributed by atoms with Crippen molar-refractivity contribution in [1.29, 1.82) is 0 Å². The summed E-state index contributed by atoms with van der Waals surface area (Å²) in [7, 11) is 1.68. The number of alkyl halides is 1. The predicted molar refractivity (Wildman–Crippen MR) is 71.3 cm³/mol. The van der Waals surface area contributed by atoms with E-state index < -0.39 is 5.60 Å². The lowest BCUT2D eigenvalue weighted by Gasteiger charge is -2.34. The average Bonchev–Trinajstić information content (AvgIpc) is 2.37. The maximum atomic E-state index is 10.8. The summed E-state index contributed by atoms with van der Waals surface area (Å²) in [6.07, 6.45) is 1.38. The highest BCUT2D eigenvalue weighted by Crippen LogP contribution is 2.35. The van der Waals surface area contributed by atoms with E-state index in [9.17, 15) is 5.11 Å². The van der Waals surface area contributed by atoms with Crippen molar-refractivity contribution in [3.05, 3.63) is 35.9 Å². The number of aliphatic hydroxyl groups is 1. The van der Waals surface area contributed by atoms with E-state index in [1.165, 1.54) is 0 Å². The molecule has 2 nitrogen and oxygen atoms in total. The largest absolute Gasteiger partial charge is 0.385 e. The van der Waals surface area contributed by atoms with Gasteiger partial charge in [-0.25, -0.2) is 0 Å². The number of ether oxygens (including phenoxy) is 1. The molecule has 0 fully saturated rings. The average molecular weight is 257 g/mol. The van der Waals surface area contributed by atoms with E-state index >= 15 is 0 Å². The quantitative estimate of drug-likeness (QED) is 0.760. The Labute approximate surface area is 109 Å². The normalized spacial score (nSPS) is 16.5. The van der Waals surface area contributed by atoms with E-state index in [2.05, 4.69) is 0 Å². The van der Waals surface area contributed by atoms with Crippen LogP contribution < -0.4 is 0 Å². The van der Waals surface area contributed by atoms with Gasteiger partial charge in [0.1, 0.15) is 0 Å². The molecule has 0 aliphatic rings. The number of rotatable bonds is 7. The minimum atomic E-state index is -0.860. The third-order valence-corrected chi connectivity index (χ3v) is 3.51. The van der Waals surface area contributed by atoms with Crippen LogP contribution in [0.3, 0.4) is 0 Å². The number of hydrogen-bond donors (Lipinski definition) is 1. The Balaban J connectivity index is 2.88. The highest BCUT2D eigenvalue weighted by molar-refractivity contribution is 6.17. The van der Waals surface area contributed by atoms with E-state index in [0.717, 1.165) is 12.0 Å². The fourth-order valence-electron chi connectivity index (χ4n) is 2.08. The molecule has 0 spiro atoms. The molecule has 17 heavy (non-hydrogen) atoms. The fraction of sp³-hybridized carbons (Fsp3) is 0.571. The van der Waals surface area contributed by atoms with E-state index in [4.69, 9.17) is 16.3 Å². The van der Waals surface area contributed by atoms with Gasteiger partial charge in [-0.3, -0.25) is 0 Å². The molecular formula is C14H21ClO2. The Morgan fingerprint density at radius 3 is 2.53 bits per heavy atom. The van der Waals surface area contributed by atoms with Crippen LogP contribution in [0.4, 0.5) is 0 Å². The van der Waals surface area contributed by atoms with Gasteiger partial charge in [-0.05, 0) is 24.3 Å². The predicted octanol–water partition coefficient (Wildman–Crippen LogP) is 3.18. The van der Waals surface area contributed by atoms with Gasteiger partial charge in [0.25, 0.3) is 0 Å². The van der Waals surface area contributed by atoms with Gasteiger partial charge in [-0.2, -0.15) is 0 Å². The molecule has 0 saturated carbocycles. The van der Waals surface area contributed by atoms with Crippen LogP contribution in [0.5, 0.6) is 0 Å². The Morgan fingerprint density at radius 1 is 1.35 bits per heavy atom. The zero-order chi connectivity index (χ0) is 12.7. The first-order valence-corrected chi connectivity index (χ1v) is 6.51. The molecule has 1 rings (SSSR count). The number of methoxy groups -OCH3 is 1. The molecule has 2 atom stereocenters. The Kier molecular flexibility index (Phi) is 5.96. The Hall–Kier alpha value is -0.570. The van der Waals surface area contributed by atoms with Gasteiger partial charge in [-0.1, -0.05) is 37.3 Å². The van der Waals surface area contributed by atoms with Crippen molar-refractivity contribution in [2.75, 3.05) is 19.6 Å². The summed E-state index contributed by atoms with van der Waals surface area (Å²) in [4.78, 5) is 0. The van der Waals surface area contributed by atoms with Gasteiger partial charge in [-0.15, -0.1) is 11.6 Å². The van der Waals surface area contributed by atoms with Crippen LogP contribution in [0.15, 0.2) is 30.3 Å². The lowest BCUT2D eigenvalue weighted by atomic mass is 9.79. The van der Waals surface area contributed by atoms with Gasteiger partial charge in [0, 0.05) is 19.6 Å². The molecule has 0 radical (unpaired) electrons. The van der Waals surface area contributed by atoms with Crippen molar-refractivity contribution in [1.82, 2.24) is 0 Å². The number of benzene rings is 1. The van der Waals surface area contributed by atoms with Crippen LogP contribution in [0.2, 0.25) is 0 Å². The van der Waals surface area contributed by atoms with Crippen molar-refractivity contribution >= 4 is 11.6 Å². The molecule has 0 aliphatic heterocycles. The molecule has 3 heteroatoms. The summed E-state index contributed by atoms with van der Waals surface area (Å²) in [6, 6.07) is 9.74. The van der Waals surface area contributed by atoms with Gasteiger partial charge in [0.05, 0.1) is 5.60 Å². The topological polar surface area (TPSA) is 29.5 Å². The van der Waals surface area contributed by atoms with E-state index in [0.29, 0.717) is 18.9 Å². The monoisotopic (exact) mass is 256 g/mol. The molecule has 0 heterocycles. The summed E-state index contributed by atoms with van der Waals surface area (Å²) in [6.45, 7) is 2.69. The molecule has 1 aromatic rings. The standard InChI is InChI=1S/C14H21ClO2/c1-12(8-11-17-2)14(16,9-10-15)13-6-4-3-5-7-13/h3-7,12,16H,8-11H2,1-2H3. The highest BCUT2D eigenvalue weighted by Gasteiger charge is 2.34. The third kappa shape index (κ3) is 3.70. The molecular weight excluding hydrogens is 236 g/mol. The number of halogens is 1. The summed E-state index contributed by atoms with van der Waals surface area (Å²) >= 11 is 5.82. The first-order chi connectivity index (χ1) is 8.15. The fourth-order valence-corrected chi connectivity index (χ4v) is 2.37. The SMILES string of the molecule is COCCC(C)C(O)(CCCl)c1ccccc1.